The molecule has 2 nitrogen and oxygen atoms in total. The Bertz CT molecular complexity index is 734. The molecular weight excluding hydrogens is 248 g/mol. The van der Waals surface area contributed by atoms with Gasteiger partial charge in [-0.25, -0.2) is 0 Å². The Hall–Kier alpha value is -2.22. The number of aryl methyl sites for hydroxylation is 2. The van der Waals surface area contributed by atoms with Crippen molar-refractivity contribution >= 4 is 21.5 Å². The number of fused-ring (bicyclic) bond motifs is 2. The van der Waals surface area contributed by atoms with E-state index in [9.17, 15) is 0 Å². The molecule has 0 bridgehead atoms. The van der Waals surface area contributed by atoms with Crippen LogP contribution in [0, 0.1) is 13.8 Å². The number of ether oxygens (including phenoxy) is 2. The second kappa shape index (κ2) is 4.71. The summed E-state index contributed by atoms with van der Waals surface area (Å²) in [5.74, 6) is 1.83. The minimum atomic E-state index is 0.916. The van der Waals surface area contributed by atoms with E-state index in [1.54, 1.807) is 14.2 Å². The fourth-order valence-electron chi connectivity index (χ4n) is 2.82. The van der Waals surface area contributed by atoms with Crippen LogP contribution in [0.4, 0.5) is 0 Å². The lowest BCUT2D eigenvalue weighted by molar-refractivity contribution is 0.417. The molecule has 3 aromatic rings. The second-order valence-electron chi connectivity index (χ2n) is 5.16. The van der Waals surface area contributed by atoms with E-state index in [0.717, 1.165) is 33.0 Å². The smallest absolute Gasteiger partial charge is 0.134 e. The van der Waals surface area contributed by atoms with Gasteiger partial charge in [0.2, 0.25) is 0 Å². The fourth-order valence-corrected chi connectivity index (χ4v) is 2.82. The van der Waals surface area contributed by atoms with Crippen molar-refractivity contribution < 1.29 is 9.47 Å². The Morgan fingerprint density at radius 3 is 1.35 bits per heavy atom. The van der Waals surface area contributed by atoms with Crippen LogP contribution in [0.25, 0.3) is 21.5 Å². The molecule has 0 aliphatic heterocycles. The molecule has 3 rings (SSSR count). The Kier molecular flexibility index (Phi) is 3.01. The van der Waals surface area contributed by atoms with E-state index in [4.69, 9.17) is 9.47 Å². The summed E-state index contributed by atoms with van der Waals surface area (Å²) in [6, 6.07) is 12.7. The van der Waals surface area contributed by atoms with Gasteiger partial charge in [-0.1, -0.05) is 35.4 Å². The van der Waals surface area contributed by atoms with Crippen molar-refractivity contribution in [3.8, 4) is 11.5 Å². The van der Waals surface area contributed by atoms with Crippen molar-refractivity contribution in [2.24, 2.45) is 0 Å². The van der Waals surface area contributed by atoms with Gasteiger partial charge in [-0.2, -0.15) is 0 Å². The third kappa shape index (κ3) is 1.80. The first-order valence-corrected chi connectivity index (χ1v) is 6.70. The summed E-state index contributed by atoms with van der Waals surface area (Å²) in [7, 11) is 3.45. The third-order valence-electron chi connectivity index (χ3n) is 3.74. The normalized spacial score (nSPS) is 11.0. The highest BCUT2D eigenvalue weighted by Crippen LogP contribution is 2.42. The molecule has 0 atom stereocenters. The van der Waals surface area contributed by atoms with Crippen LogP contribution in [-0.2, 0) is 0 Å². The Morgan fingerprint density at radius 2 is 1.00 bits per heavy atom. The molecule has 3 aromatic carbocycles. The van der Waals surface area contributed by atoms with Gasteiger partial charge in [0.05, 0.1) is 14.2 Å². The molecule has 0 saturated heterocycles. The predicted molar refractivity (Wildman–Crippen MR) is 84.0 cm³/mol. The highest BCUT2D eigenvalue weighted by atomic mass is 16.5. The lowest BCUT2D eigenvalue weighted by Gasteiger charge is -2.15. The number of rotatable bonds is 2. The molecule has 0 heterocycles. The van der Waals surface area contributed by atoms with Gasteiger partial charge in [-0.15, -0.1) is 0 Å². The van der Waals surface area contributed by atoms with Crippen LogP contribution >= 0.6 is 0 Å². The van der Waals surface area contributed by atoms with E-state index in [1.807, 2.05) is 0 Å². The third-order valence-corrected chi connectivity index (χ3v) is 3.74. The number of methoxy groups -OCH3 is 2. The first-order chi connectivity index (χ1) is 9.65. The molecule has 102 valence electrons. The number of hydrogen-bond acceptors (Lipinski definition) is 2. The van der Waals surface area contributed by atoms with Gasteiger partial charge < -0.3 is 9.47 Å². The van der Waals surface area contributed by atoms with Crippen molar-refractivity contribution in [2.75, 3.05) is 14.2 Å². The molecule has 20 heavy (non-hydrogen) atoms. The number of hydrogen-bond donors (Lipinski definition) is 0. The molecule has 0 unspecified atom stereocenters. The zero-order valence-electron chi connectivity index (χ0n) is 12.3. The lowest BCUT2D eigenvalue weighted by Crippen LogP contribution is -1.93. The monoisotopic (exact) mass is 266 g/mol. The van der Waals surface area contributed by atoms with Crippen LogP contribution in [0.5, 0.6) is 11.5 Å². The average molecular weight is 266 g/mol. The van der Waals surface area contributed by atoms with E-state index < -0.39 is 0 Å². The van der Waals surface area contributed by atoms with Gasteiger partial charge in [-0.3, -0.25) is 0 Å². The summed E-state index contributed by atoms with van der Waals surface area (Å²) in [5.41, 5.74) is 2.42. The average Bonchev–Trinajstić information content (AvgIpc) is 2.44. The minimum absolute atomic E-state index is 0.916. The summed E-state index contributed by atoms with van der Waals surface area (Å²) in [6.07, 6.45) is 0. The largest absolute Gasteiger partial charge is 0.495 e. The zero-order valence-corrected chi connectivity index (χ0v) is 12.3. The Balaban J connectivity index is 2.60. The van der Waals surface area contributed by atoms with E-state index in [1.165, 1.54) is 11.1 Å². The first kappa shape index (κ1) is 12.8. The first-order valence-electron chi connectivity index (χ1n) is 6.70. The molecule has 0 N–H and O–H groups in total. The van der Waals surface area contributed by atoms with Crippen molar-refractivity contribution in [3.05, 3.63) is 47.5 Å². The highest BCUT2D eigenvalue weighted by Gasteiger charge is 2.15. The van der Waals surface area contributed by atoms with Crippen molar-refractivity contribution in [1.82, 2.24) is 0 Å². The van der Waals surface area contributed by atoms with Crippen molar-refractivity contribution in [2.45, 2.75) is 13.8 Å². The maximum absolute atomic E-state index is 5.68. The van der Waals surface area contributed by atoms with Crippen LogP contribution < -0.4 is 9.47 Å². The SMILES string of the molecule is COc1c2ccc(C)cc2c(OC)c2ccc(C)cc12. The summed E-state index contributed by atoms with van der Waals surface area (Å²) in [6.45, 7) is 4.18. The van der Waals surface area contributed by atoms with E-state index >= 15 is 0 Å². The molecule has 2 heteroatoms. The van der Waals surface area contributed by atoms with E-state index in [0.29, 0.717) is 0 Å². The quantitative estimate of drug-likeness (QED) is 0.630. The van der Waals surface area contributed by atoms with Gasteiger partial charge in [0.25, 0.3) is 0 Å². The Morgan fingerprint density at radius 1 is 0.600 bits per heavy atom. The maximum Gasteiger partial charge on any atom is 0.134 e. The molecule has 0 spiro atoms. The van der Waals surface area contributed by atoms with Gasteiger partial charge in [0.1, 0.15) is 11.5 Å². The highest BCUT2D eigenvalue weighted by molar-refractivity contribution is 6.11. The van der Waals surface area contributed by atoms with Crippen LogP contribution in [0.15, 0.2) is 36.4 Å². The van der Waals surface area contributed by atoms with E-state index in [-0.39, 0.29) is 0 Å². The van der Waals surface area contributed by atoms with Gasteiger partial charge in [0, 0.05) is 21.5 Å². The maximum atomic E-state index is 5.68. The van der Waals surface area contributed by atoms with Crippen LogP contribution in [0.2, 0.25) is 0 Å². The predicted octanol–water partition coefficient (Wildman–Crippen LogP) is 4.63. The Labute approximate surface area is 118 Å². The molecule has 0 aliphatic rings. The summed E-state index contributed by atoms with van der Waals surface area (Å²) < 4.78 is 11.4. The van der Waals surface area contributed by atoms with Gasteiger partial charge in [-0.05, 0) is 26.0 Å². The number of benzene rings is 3. The molecule has 0 amide bonds. The molecule has 0 saturated carbocycles. The topological polar surface area (TPSA) is 18.5 Å². The van der Waals surface area contributed by atoms with Crippen molar-refractivity contribution in [1.29, 1.82) is 0 Å². The van der Waals surface area contributed by atoms with Crippen LogP contribution in [0.1, 0.15) is 11.1 Å². The van der Waals surface area contributed by atoms with Crippen molar-refractivity contribution in [3.63, 3.8) is 0 Å². The molecular formula is C18H18O2. The van der Waals surface area contributed by atoms with Gasteiger partial charge >= 0.3 is 0 Å². The van der Waals surface area contributed by atoms with Gasteiger partial charge in [0.15, 0.2) is 0 Å². The molecule has 0 aliphatic carbocycles. The minimum Gasteiger partial charge on any atom is -0.495 e. The summed E-state index contributed by atoms with van der Waals surface area (Å²) in [5, 5.41) is 4.38. The molecule has 0 aromatic heterocycles. The van der Waals surface area contributed by atoms with Crippen LogP contribution in [-0.4, -0.2) is 14.2 Å². The standard InChI is InChI=1S/C18H18O2/c1-11-5-7-13-15(9-11)17(19-3)14-8-6-12(2)10-16(14)18(13)20-4/h5-10H,1-4H3. The van der Waals surface area contributed by atoms with Crippen LogP contribution in [0.3, 0.4) is 0 Å². The lowest BCUT2D eigenvalue weighted by atomic mass is 9.98. The fraction of sp³-hybridized carbons (Fsp3) is 0.222. The molecule has 0 fully saturated rings. The van der Waals surface area contributed by atoms with E-state index in [2.05, 4.69) is 50.2 Å². The second-order valence-corrected chi connectivity index (χ2v) is 5.16. The summed E-state index contributed by atoms with van der Waals surface area (Å²) in [4.78, 5) is 0. The molecule has 0 radical (unpaired) electrons. The summed E-state index contributed by atoms with van der Waals surface area (Å²) >= 11 is 0. The zero-order chi connectivity index (χ0) is 14.3.